The molecule has 1 heterocycles. The molecule has 0 spiro atoms. The highest BCUT2D eigenvalue weighted by Crippen LogP contribution is 2.38. The van der Waals surface area contributed by atoms with Gasteiger partial charge in [0.15, 0.2) is 0 Å². The van der Waals surface area contributed by atoms with Crippen molar-refractivity contribution >= 4 is 34.3 Å². The minimum absolute atomic E-state index is 0.0454. The van der Waals surface area contributed by atoms with Gasteiger partial charge in [-0.05, 0) is 61.2 Å². The summed E-state index contributed by atoms with van der Waals surface area (Å²) in [5, 5.41) is 5.65. The average Bonchev–Trinajstić information content (AvgIpc) is 2.88. The lowest BCUT2D eigenvalue weighted by atomic mass is 9.92. The number of thiocarbonyl (C=S) groups is 1. The van der Waals surface area contributed by atoms with E-state index in [2.05, 4.69) is 32.4 Å². The van der Waals surface area contributed by atoms with Crippen molar-refractivity contribution < 1.29 is 17.9 Å². The number of anilines is 2. The molecular formula is C25H29F3N4O2S. The van der Waals surface area contributed by atoms with E-state index in [1.54, 1.807) is 0 Å². The highest BCUT2D eigenvalue weighted by atomic mass is 32.1. The van der Waals surface area contributed by atoms with E-state index in [9.17, 15) is 18.1 Å². The molecule has 0 radical (unpaired) electrons. The molecule has 0 atom stereocenters. The number of para-hydroxylation sites is 1. The molecule has 0 amide bonds. The first-order valence-corrected chi connectivity index (χ1v) is 12.2. The summed E-state index contributed by atoms with van der Waals surface area (Å²) in [6.45, 7) is 3.98. The number of rotatable bonds is 7. The zero-order chi connectivity index (χ0) is 24.8. The second-order valence-corrected chi connectivity index (χ2v) is 9.42. The quantitative estimate of drug-likeness (QED) is 0.368. The fraction of sp³-hybridized carbons (Fsp3) is 0.480. The van der Waals surface area contributed by atoms with Crippen LogP contribution in [0.1, 0.15) is 31.2 Å². The standard InChI is InChI=1S/C25H29F3N4O2S/c26-25(27,28)22-16-19(8-11-23(22)30-33)29-18-6-9-21(10-7-18)34-17-24(35)32-14-12-31(13-15-32)20-4-2-1-3-5-20/h1-5,8,11,16,18,21,29H,6-7,9-10,12-15,17H2. The van der Waals surface area contributed by atoms with Gasteiger partial charge in [0.1, 0.15) is 10.7 Å². The van der Waals surface area contributed by atoms with Crippen molar-refractivity contribution in [2.24, 2.45) is 5.18 Å². The van der Waals surface area contributed by atoms with Crippen LogP contribution >= 0.6 is 12.2 Å². The number of ether oxygens (including phenoxy) is 1. The van der Waals surface area contributed by atoms with Gasteiger partial charge in [-0.15, -0.1) is 4.91 Å². The van der Waals surface area contributed by atoms with E-state index in [1.165, 1.54) is 11.8 Å². The van der Waals surface area contributed by atoms with Crippen LogP contribution in [0, 0.1) is 4.91 Å². The van der Waals surface area contributed by atoms with Crippen LogP contribution in [0.2, 0.25) is 0 Å². The molecule has 1 aliphatic carbocycles. The Bertz CT molecular complexity index is 1010. The maximum Gasteiger partial charge on any atom is 0.418 e. The Balaban J connectivity index is 1.19. The van der Waals surface area contributed by atoms with Gasteiger partial charge in [-0.3, -0.25) is 0 Å². The van der Waals surface area contributed by atoms with Crippen LogP contribution in [-0.2, 0) is 10.9 Å². The molecule has 0 unspecified atom stereocenters. The third-order valence-corrected chi connectivity index (χ3v) is 7.02. The van der Waals surface area contributed by atoms with Crippen molar-refractivity contribution in [3.8, 4) is 0 Å². The summed E-state index contributed by atoms with van der Waals surface area (Å²) in [7, 11) is 0. The van der Waals surface area contributed by atoms with E-state index in [0.29, 0.717) is 12.3 Å². The van der Waals surface area contributed by atoms with E-state index in [0.717, 1.165) is 69.0 Å². The van der Waals surface area contributed by atoms with Crippen LogP contribution in [0.25, 0.3) is 0 Å². The van der Waals surface area contributed by atoms with Gasteiger partial charge in [-0.1, -0.05) is 30.4 Å². The normalized spacial score (nSPS) is 21.0. The molecule has 2 aromatic carbocycles. The second kappa shape index (κ2) is 11.3. The van der Waals surface area contributed by atoms with Crippen LogP contribution in [0.4, 0.5) is 30.2 Å². The molecule has 0 aromatic heterocycles. The topological polar surface area (TPSA) is 57.2 Å². The third-order valence-electron chi connectivity index (χ3n) is 6.64. The lowest BCUT2D eigenvalue weighted by Crippen LogP contribution is -2.49. The summed E-state index contributed by atoms with van der Waals surface area (Å²) >= 11 is 5.62. The predicted octanol–water partition coefficient (Wildman–Crippen LogP) is 5.99. The summed E-state index contributed by atoms with van der Waals surface area (Å²) in [5.41, 5.74) is -0.0548. The molecule has 1 N–H and O–H groups in total. The molecule has 1 saturated heterocycles. The van der Waals surface area contributed by atoms with Gasteiger partial charge in [0.05, 0.1) is 18.3 Å². The molecule has 1 aliphatic heterocycles. The number of hydrogen-bond donors (Lipinski definition) is 1. The SMILES string of the molecule is O=Nc1ccc(NC2CCC(OCC(=S)N3CCN(c4ccccc4)CC3)CC2)cc1C(F)(F)F. The van der Waals surface area contributed by atoms with E-state index in [-0.39, 0.29) is 12.1 Å². The first kappa shape index (κ1) is 25.4. The van der Waals surface area contributed by atoms with Crippen molar-refractivity contribution in [2.75, 3.05) is 43.0 Å². The zero-order valence-corrected chi connectivity index (χ0v) is 20.2. The van der Waals surface area contributed by atoms with Crippen LogP contribution < -0.4 is 10.2 Å². The van der Waals surface area contributed by atoms with E-state index in [4.69, 9.17) is 17.0 Å². The highest BCUT2D eigenvalue weighted by molar-refractivity contribution is 7.80. The van der Waals surface area contributed by atoms with Crippen molar-refractivity contribution in [3.05, 3.63) is 59.0 Å². The fourth-order valence-corrected chi connectivity index (χ4v) is 4.93. The summed E-state index contributed by atoms with van der Waals surface area (Å²) in [6, 6.07) is 13.9. The number of nitroso groups, excluding NO2 is 1. The smallest absolute Gasteiger partial charge is 0.382 e. The summed E-state index contributed by atoms with van der Waals surface area (Å²) < 4.78 is 45.6. The molecule has 0 bridgehead atoms. The molecule has 4 rings (SSSR count). The minimum Gasteiger partial charge on any atom is -0.382 e. The lowest BCUT2D eigenvalue weighted by Gasteiger charge is -2.38. The molecule has 1 saturated carbocycles. The van der Waals surface area contributed by atoms with Crippen molar-refractivity contribution in [3.63, 3.8) is 0 Å². The van der Waals surface area contributed by atoms with E-state index < -0.39 is 17.4 Å². The monoisotopic (exact) mass is 506 g/mol. The van der Waals surface area contributed by atoms with Gasteiger partial charge in [0.25, 0.3) is 0 Å². The number of piperazine rings is 1. The van der Waals surface area contributed by atoms with Gasteiger partial charge >= 0.3 is 6.18 Å². The van der Waals surface area contributed by atoms with Gasteiger partial charge < -0.3 is 19.9 Å². The van der Waals surface area contributed by atoms with Crippen molar-refractivity contribution in [2.45, 2.75) is 44.0 Å². The fourth-order valence-electron chi connectivity index (χ4n) is 4.68. The van der Waals surface area contributed by atoms with Gasteiger partial charge in [0.2, 0.25) is 0 Å². The number of nitrogens with zero attached hydrogens (tertiary/aromatic N) is 3. The van der Waals surface area contributed by atoms with Crippen molar-refractivity contribution in [1.29, 1.82) is 0 Å². The maximum atomic E-state index is 13.2. The Morgan fingerprint density at radius 1 is 1.03 bits per heavy atom. The van der Waals surface area contributed by atoms with Crippen LogP contribution in [0.15, 0.2) is 53.7 Å². The molecule has 6 nitrogen and oxygen atoms in total. The molecule has 35 heavy (non-hydrogen) atoms. The molecular weight excluding hydrogens is 477 g/mol. The number of nitrogens with one attached hydrogen (secondary N) is 1. The predicted molar refractivity (Wildman–Crippen MR) is 135 cm³/mol. The lowest BCUT2D eigenvalue weighted by molar-refractivity contribution is -0.137. The summed E-state index contributed by atoms with van der Waals surface area (Å²) in [6.07, 6.45) is -1.36. The minimum atomic E-state index is -4.63. The number of hydrogen-bond acceptors (Lipinski definition) is 6. The Labute approximate surface area is 208 Å². The molecule has 2 fully saturated rings. The van der Waals surface area contributed by atoms with Gasteiger partial charge in [-0.25, -0.2) is 0 Å². The van der Waals surface area contributed by atoms with E-state index in [1.807, 2.05) is 18.2 Å². The first-order valence-electron chi connectivity index (χ1n) is 11.8. The first-order chi connectivity index (χ1) is 16.8. The Morgan fingerprint density at radius 3 is 2.34 bits per heavy atom. The van der Waals surface area contributed by atoms with Crippen LogP contribution in [0.3, 0.4) is 0 Å². The number of alkyl halides is 3. The maximum absolute atomic E-state index is 13.2. The van der Waals surface area contributed by atoms with Gasteiger partial charge in [-0.2, -0.15) is 13.2 Å². The summed E-state index contributed by atoms with van der Waals surface area (Å²) in [5.74, 6) is 0. The number of benzene rings is 2. The summed E-state index contributed by atoms with van der Waals surface area (Å²) in [4.78, 5) is 16.1. The number of halogens is 3. The molecule has 188 valence electrons. The second-order valence-electron chi connectivity index (χ2n) is 8.95. The Kier molecular flexibility index (Phi) is 8.22. The van der Waals surface area contributed by atoms with E-state index >= 15 is 0 Å². The average molecular weight is 507 g/mol. The highest BCUT2D eigenvalue weighted by Gasteiger charge is 2.34. The Morgan fingerprint density at radius 2 is 1.71 bits per heavy atom. The van der Waals surface area contributed by atoms with Crippen LogP contribution in [0.5, 0.6) is 0 Å². The van der Waals surface area contributed by atoms with Crippen LogP contribution in [-0.4, -0.2) is 54.8 Å². The third kappa shape index (κ3) is 6.70. The van der Waals surface area contributed by atoms with Crippen molar-refractivity contribution in [1.82, 2.24) is 4.90 Å². The molecule has 10 heteroatoms. The molecule has 2 aromatic rings. The largest absolute Gasteiger partial charge is 0.418 e. The Hall–Kier alpha value is -2.72. The zero-order valence-electron chi connectivity index (χ0n) is 19.3. The van der Waals surface area contributed by atoms with Gasteiger partial charge in [0, 0.05) is 43.6 Å². The molecule has 2 aliphatic rings.